The van der Waals surface area contributed by atoms with Gasteiger partial charge in [-0.3, -0.25) is 4.79 Å². The zero-order chi connectivity index (χ0) is 15.9. The van der Waals surface area contributed by atoms with E-state index in [-0.39, 0.29) is 34.7 Å². The van der Waals surface area contributed by atoms with Crippen LogP contribution in [0.4, 0.5) is 0 Å². The van der Waals surface area contributed by atoms with Gasteiger partial charge in [0, 0.05) is 13.3 Å². The first-order chi connectivity index (χ1) is 8.92. The largest absolute Gasteiger partial charge is 0.367 e. The van der Waals surface area contributed by atoms with Gasteiger partial charge in [0.05, 0.1) is 11.1 Å². The van der Waals surface area contributed by atoms with Gasteiger partial charge in [-0.15, -0.1) is 5.06 Å². The van der Waals surface area contributed by atoms with Crippen molar-refractivity contribution < 1.29 is 14.4 Å². The van der Waals surface area contributed by atoms with E-state index in [2.05, 4.69) is 41.5 Å². The van der Waals surface area contributed by atoms with Crippen molar-refractivity contribution in [3.63, 3.8) is 0 Å². The number of ketones is 1. The number of hydrogen-bond acceptors (Lipinski definition) is 4. The third-order valence-corrected chi connectivity index (χ3v) is 5.30. The summed E-state index contributed by atoms with van der Waals surface area (Å²) in [4.78, 5) is 28.6. The number of rotatable bonds is 3. The summed E-state index contributed by atoms with van der Waals surface area (Å²) < 4.78 is 0. The number of hydroxylamine groups is 2. The van der Waals surface area contributed by atoms with Crippen molar-refractivity contribution in [3.05, 3.63) is 0 Å². The van der Waals surface area contributed by atoms with Gasteiger partial charge < -0.3 is 9.63 Å². The van der Waals surface area contributed by atoms with Crippen LogP contribution < -0.4 is 0 Å². The van der Waals surface area contributed by atoms with Crippen LogP contribution in [0.2, 0.25) is 0 Å². The Bertz CT molecular complexity index is 379. The molecular formula is C16H29NO3. The van der Waals surface area contributed by atoms with Crippen molar-refractivity contribution in [2.24, 2.45) is 17.8 Å². The van der Waals surface area contributed by atoms with Crippen LogP contribution in [0.25, 0.3) is 0 Å². The molecule has 0 radical (unpaired) electrons. The van der Waals surface area contributed by atoms with E-state index in [0.717, 1.165) is 0 Å². The summed E-state index contributed by atoms with van der Waals surface area (Å²) in [5.41, 5.74) is -0.608. The van der Waals surface area contributed by atoms with Gasteiger partial charge in [0.2, 0.25) is 0 Å². The molecule has 1 heterocycles. The van der Waals surface area contributed by atoms with E-state index in [0.29, 0.717) is 12.3 Å². The van der Waals surface area contributed by atoms with Gasteiger partial charge in [0.1, 0.15) is 5.78 Å². The smallest absolute Gasteiger partial charge is 0.322 e. The van der Waals surface area contributed by atoms with E-state index >= 15 is 0 Å². The number of Topliss-reactive ketones (excluding diaryl/α,β-unsaturated/α-hetero) is 1. The molecular weight excluding hydrogens is 254 g/mol. The van der Waals surface area contributed by atoms with Gasteiger partial charge >= 0.3 is 5.97 Å². The summed E-state index contributed by atoms with van der Waals surface area (Å²) in [6.45, 7) is 15.7. The summed E-state index contributed by atoms with van der Waals surface area (Å²) in [5.74, 6) is 0.740. The predicted octanol–water partition coefficient (Wildman–Crippen LogP) is 3.20. The SMILES string of the molecule is CC(=O)CC1C(C)C(C)(C)N(OC(C)=O)C(C)(C)C1C. The number of piperidine rings is 1. The molecule has 0 aromatic carbocycles. The molecule has 1 fully saturated rings. The Labute approximate surface area is 122 Å². The lowest BCUT2D eigenvalue weighted by Crippen LogP contribution is -2.68. The molecule has 0 bridgehead atoms. The van der Waals surface area contributed by atoms with Crippen molar-refractivity contribution in [1.29, 1.82) is 0 Å². The molecule has 0 aromatic rings. The second kappa shape index (κ2) is 5.47. The highest BCUT2D eigenvalue weighted by molar-refractivity contribution is 5.75. The van der Waals surface area contributed by atoms with Crippen molar-refractivity contribution in [3.8, 4) is 0 Å². The van der Waals surface area contributed by atoms with Gasteiger partial charge in [-0.25, -0.2) is 0 Å². The van der Waals surface area contributed by atoms with Gasteiger partial charge in [0.15, 0.2) is 0 Å². The minimum atomic E-state index is -0.304. The monoisotopic (exact) mass is 283 g/mol. The first-order valence-electron chi connectivity index (χ1n) is 7.40. The highest BCUT2D eigenvalue weighted by Gasteiger charge is 2.55. The van der Waals surface area contributed by atoms with Gasteiger partial charge in [-0.2, -0.15) is 0 Å². The third-order valence-electron chi connectivity index (χ3n) is 5.30. The fourth-order valence-electron chi connectivity index (χ4n) is 3.64. The predicted molar refractivity (Wildman–Crippen MR) is 78.9 cm³/mol. The average molecular weight is 283 g/mol. The molecule has 116 valence electrons. The highest BCUT2D eigenvalue weighted by Crippen LogP contribution is 2.49. The quantitative estimate of drug-likeness (QED) is 0.798. The van der Waals surface area contributed by atoms with Crippen molar-refractivity contribution in [2.75, 3.05) is 0 Å². The van der Waals surface area contributed by atoms with Crippen LogP contribution in [0.5, 0.6) is 0 Å². The van der Waals surface area contributed by atoms with Crippen LogP contribution >= 0.6 is 0 Å². The third kappa shape index (κ3) is 2.90. The Balaban J connectivity index is 3.20. The molecule has 0 amide bonds. The Kier molecular flexibility index (Phi) is 4.69. The van der Waals surface area contributed by atoms with E-state index in [1.54, 1.807) is 6.92 Å². The number of nitrogens with zero attached hydrogens (tertiary/aromatic N) is 1. The fraction of sp³-hybridized carbons (Fsp3) is 0.875. The summed E-state index contributed by atoms with van der Waals surface area (Å²) in [6.07, 6.45) is 0.586. The zero-order valence-corrected chi connectivity index (χ0v) is 14.1. The molecule has 0 aliphatic carbocycles. The van der Waals surface area contributed by atoms with E-state index < -0.39 is 0 Å². The lowest BCUT2D eigenvalue weighted by atomic mass is 9.61. The summed E-state index contributed by atoms with van der Waals surface area (Å²) in [5, 5.41) is 1.84. The van der Waals surface area contributed by atoms with Crippen molar-refractivity contribution in [2.45, 2.75) is 72.9 Å². The molecule has 0 saturated carbocycles. The minimum absolute atomic E-state index is 0.223. The summed E-state index contributed by atoms with van der Waals surface area (Å²) in [6, 6.07) is 0. The summed E-state index contributed by atoms with van der Waals surface area (Å²) >= 11 is 0. The van der Waals surface area contributed by atoms with Crippen LogP contribution in [0.3, 0.4) is 0 Å². The van der Waals surface area contributed by atoms with Crippen LogP contribution in [0.15, 0.2) is 0 Å². The molecule has 1 aliphatic rings. The second-order valence-electron chi connectivity index (χ2n) is 7.33. The Morgan fingerprint density at radius 3 is 1.70 bits per heavy atom. The van der Waals surface area contributed by atoms with E-state index in [9.17, 15) is 9.59 Å². The molecule has 1 aliphatic heterocycles. The second-order valence-corrected chi connectivity index (χ2v) is 7.33. The summed E-state index contributed by atoms with van der Waals surface area (Å²) in [7, 11) is 0. The van der Waals surface area contributed by atoms with Crippen LogP contribution in [-0.2, 0) is 14.4 Å². The first-order valence-corrected chi connectivity index (χ1v) is 7.40. The zero-order valence-electron chi connectivity index (χ0n) is 14.1. The Morgan fingerprint density at radius 1 is 1.00 bits per heavy atom. The van der Waals surface area contributed by atoms with Crippen LogP contribution in [-0.4, -0.2) is 27.9 Å². The van der Waals surface area contributed by atoms with E-state index in [1.165, 1.54) is 6.92 Å². The molecule has 0 aromatic heterocycles. The van der Waals surface area contributed by atoms with E-state index in [4.69, 9.17) is 4.84 Å². The molecule has 2 atom stereocenters. The van der Waals surface area contributed by atoms with Crippen LogP contribution in [0.1, 0.15) is 61.8 Å². The van der Waals surface area contributed by atoms with Gasteiger partial charge in [0.25, 0.3) is 0 Å². The Hall–Kier alpha value is -0.900. The van der Waals surface area contributed by atoms with Gasteiger partial charge in [-0.1, -0.05) is 13.8 Å². The number of carbonyl (C=O) groups excluding carboxylic acids is 2. The lowest BCUT2D eigenvalue weighted by molar-refractivity contribution is -0.297. The number of carbonyl (C=O) groups is 2. The molecule has 2 unspecified atom stereocenters. The fourth-order valence-corrected chi connectivity index (χ4v) is 3.64. The molecule has 1 saturated heterocycles. The van der Waals surface area contributed by atoms with Gasteiger partial charge in [-0.05, 0) is 52.4 Å². The number of hydrogen-bond donors (Lipinski definition) is 0. The van der Waals surface area contributed by atoms with E-state index in [1.807, 2.05) is 5.06 Å². The molecule has 0 spiro atoms. The highest BCUT2D eigenvalue weighted by atomic mass is 16.7. The van der Waals surface area contributed by atoms with Crippen molar-refractivity contribution in [1.82, 2.24) is 5.06 Å². The molecule has 4 nitrogen and oxygen atoms in total. The first kappa shape index (κ1) is 17.2. The van der Waals surface area contributed by atoms with Crippen molar-refractivity contribution >= 4 is 11.8 Å². The standard InChI is InChI=1S/C16H29NO3/c1-10(18)9-14-11(2)15(5,6)17(20-13(4)19)16(7,8)12(14)3/h11-12,14H,9H2,1-8H3. The normalized spacial score (nSPS) is 32.7. The topological polar surface area (TPSA) is 46.6 Å². The average Bonchev–Trinajstić information content (AvgIpc) is 2.29. The maximum Gasteiger partial charge on any atom is 0.322 e. The molecule has 0 N–H and O–H groups in total. The van der Waals surface area contributed by atoms with Crippen LogP contribution in [0, 0.1) is 17.8 Å². The molecule has 20 heavy (non-hydrogen) atoms. The molecule has 4 heteroatoms. The maximum atomic E-state index is 11.6. The lowest BCUT2D eigenvalue weighted by Gasteiger charge is -2.59. The Morgan fingerprint density at radius 2 is 1.40 bits per heavy atom. The molecule has 1 rings (SSSR count). The minimum Gasteiger partial charge on any atom is -0.367 e. The maximum absolute atomic E-state index is 11.6.